The van der Waals surface area contributed by atoms with Gasteiger partial charge in [0.2, 0.25) is 0 Å². The molecule has 0 fully saturated rings. The lowest BCUT2D eigenvalue weighted by molar-refractivity contribution is 0.0840. The molecule has 7 heavy (non-hydrogen) atoms. The highest BCUT2D eigenvalue weighted by molar-refractivity contribution is 4.77. The minimum atomic E-state index is -0.655. The predicted molar refractivity (Wildman–Crippen MR) is 31.1 cm³/mol. The van der Waals surface area contributed by atoms with Crippen LogP contribution in [-0.2, 0) is 0 Å². The van der Waals surface area contributed by atoms with Crippen LogP contribution in [0.25, 0.3) is 0 Å². The van der Waals surface area contributed by atoms with Crippen LogP contribution in [0.15, 0.2) is 12.6 Å². The van der Waals surface area contributed by atoms with Gasteiger partial charge in [-0.2, -0.15) is 0 Å². The normalized spacial score (nSPS) is 15.0. The van der Waals surface area contributed by atoms with Gasteiger partial charge in [0.1, 0.15) is 0 Å². The quantitative estimate of drug-likeness (QED) is 0.520. The second kappa shape index (κ2) is 2.12. The average molecular weight is 101 g/mol. The predicted octanol–water partition coefficient (Wildman–Crippen LogP) is 1.33. The fourth-order valence-corrected chi connectivity index (χ4v) is 0.288. The van der Waals surface area contributed by atoms with Gasteiger partial charge in [-0.15, -0.1) is 6.55 Å². The van der Waals surface area contributed by atoms with Crippen LogP contribution in [-0.4, -0.2) is 10.7 Å². The standard InChI is InChI=1S/C6H12O/c1-4-5-6(2,3)7/h4,7H,1,5H2,2-3H3/i1D. The number of hydrogen-bond acceptors (Lipinski definition) is 1. The Hall–Kier alpha value is -0.300. The fraction of sp³-hybridized carbons (Fsp3) is 0.667. The molecule has 0 unspecified atom stereocenters. The van der Waals surface area contributed by atoms with Crippen LogP contribution in [0.5, 0.6) is 0 Å². The first-order valence-corrected chi connectivity index (χ1v) is 2.32. The van der Waals surface area contributed by atoms with Crippen molar-refractivity contribution in [3.63, 3.8) is 0 Å². The van der Waals surface area contributed by atoms with Gasteiger partial charge in [0.25, 0.3) is 0 Å². The zero-order valence-electron chi connectivity index (χ0n) is 5.81. The van der Waals surface area contributed by atoms with Gasteiger partial charge in [0, 0.05) is 0 Å². The van der Waals surface area contributed by atoms with E-state index in [4.69, 9.17) is 6.48 Å². The first kappa shape index (κ1) is 4.85. The Morgan fingerprint density at radius 3 is 2.71 bits per heavy atom. The number of hydrogen-bond donors (Lipinski definition) is 1. The van der Waals surface area contributed by atoms with Crippen LogP contribution in [0.4, 0.5) is 0 Å². The molecule has 0 rings (SSSR count). The lowest BCUT2D eigenvalue weighted by Crippen LogP contribution is -2.16. The van der Waals surface area contributed by atoms with Crippen LogP contribution >= 0.6 is 0 Å². The summed E-state index contributed by atoms with van der Waals surface area (Å²) in [6.07, 6.45) is 2.18. The van der Waals surface area contributed by atoms with E-state index in [1.165, 1.54) is 6.55 Å². The average Bonchev–Trinajstić information content (AvgIpc) is 1.59. The zero-order chi connectivity index (χ0) is 6.62. The molecule has 0 saturated carbocycles. The fourth-order valence-electron chi connectivity index (χ4n) is 0.288. The molecule has 1 N–H and O–H groups in total. The summed E-state index contributed by atoms with van der Waals surface area (Å²) in [5.74, 6) is 0. The summed E-state index contributed by atoms with van der Waals surface area (Å²) in [6.45, 7) is 4.62. The minimum absolute atomic E-state index is 0.552. The van der Waals surface area contributed by atoms with E-state index < -0.39 is 5.60 Å². The highest BCUT2D eigenvalue weighted by atomic mass is 16.3. The topological polar surface area (TPSA) is 20.2 Å². The molecule has 42 valence electrons. The molecule has 1 heteroatoms. The van der Waals surface area contributed by atoms with Gasteiger partial charge in [-0.25, -0.2) is 0 Å². The van der Waals surface area contributed by atoms with Crippen LogP contribution in [0.3, 0.4) is 0 Å². The summed E-state index contributed by atoms with van der Waals surface area (Å²) < 4.78 is 6.59. The number of rotatable bonds is 2. The van der Waals surface area contributed by atoms with Crippen LogP contribution < -0.4 is 0 Å². The Morgan fingerprint density at radius 1 is 2.00 bits per heavy atom. The third-order valence-corrected chi connectivity index (χ3v) is 0.617. The van der Waals surface area contributed by atoms with E-state index in [-0.39, 0.29) is 0 Å². The first-order chi connectivity index (χ1) is 3.56. The Labute approximate surface area is 46.1 Å². The molecule has 0 radical (unpaired) electrons. The third kappa shape index (κ3) is 5.70. The molecular formula is C6H12O. The van der Waals surface area contributed by atoms with Gasteiger partial charge in [0.15, 0.2) is 0 Å². The molecule has 0 aliphatic rings. The van der Waals surface area contributed by atoms with Crippen LogP contribution in [0.2, 0.25) is 0 Å². The van der Waals surface area contributed by atoms with Gasteiger partial charge in [-0.05, 0) is 20.3 Å². The van der Waals surface area contributed by atoms with Crippen LogP contribution in [0, 0.1) is 0 Å². The van der Waals surface area contributed by atoms with E-state index in [0.717, 1.165) is 0 Å². The van der Waals surface area contributed by atoms with E-state index in [1.54, 1.807) is 19.9 Å². The molecule has 0 amide bonds. The molecule has 0 heterocycles. The largest absolute Gasteiger partial charge is 0.390 e. The summed E-state index contributed by atoms with van der Waals surface area (Å²) in [6, 6.07) is 0. The van der Waals surface area contributed by atoms with Crippen molar-refractivity contribution >= 4 is 0 Å². The van der Waals surface area contributed by atoms with E-state index in [1.807, 2.05) is 0 Å². The summed E-state index contributed by atoms with van der Waals surface area (Å²) in [5.41, 5.74) is -0.655. The van der Waals surface area contributed by atoms with Crippen molar-refractivity contribution in [3.8, 4) is 0 Å². The lowest BCUT2D eigenvalue weighted by atomic mass is 10.1. The van der Waals surface area contributed by atoms with E-state index in [9.17, 15) is 0 Å². The van der Waals surface area contributed by atoms with Crippen LogP contribution in [0.1, 0.15) is 21.6 Å². The second-order valence-corrected chi connectivity index (χ2v) is 2.25. The Bertz CT molecular complexity index is 81.0. The van der Waals surface area contributed by atoms with Crippen molar-refractivity contribution in [1.82, 2.24) is 0 Å². The maximum Gasteiger partial charge on any atom is 0.0625 e. The molecular weight excluding hydrogens is 88.1 g/mol. The van der Waals surface area contributed by atoms with Crippen molar-refractivity contribution < 1.29 is 6.48 Å². The summed E-state index contributed by atoms with van der Waals surface area (Å²) in [5, 5.41) is 9.01. The maximum atomic E-state index is 9.01. The molecule has 0 aliphatic heterocycles. The molecule has 0 saturated heterocycles. The zero-order valence-corrected chi connectivity index (χ0v) is 4.81. The monoisotopic (exact) mass is 101 g/mol. The smallest absolute Gasteiger partial charge is 0.0625 e. The summed E-state index contributed by atoms with van der Waals surface area (Å²) in [4.78, 5) is 0. The van der Waals surface area contributed by atoms with Gasteiger partial charge in [-0.1, -0.05) is 6.08 Å². The van der Waals surface area contributed by atoms with E-state index in [0.29, 0.717) is 6.42 Å². The molecule has 0 aliphatic carbocycles. The summed E-state index contributed by atoms with van der Waals surface area (Å²) in [7, 11) is 0. The molecule has 0 bridgehead atoms. The Morgan fingerprint density at radius 2 is 2.57 bits per heavy atom. The van der Waals surface area contributed by atoms with Gasteiger partial charge < -0.3 is 5.11 Å². The SMILES string of the molecule is [2H]C=CCC(C)(C)O. The van der Waals surface area contributed by atoms with E-state index >= 15 is 0 Å². The van der Waals surface area contributed by atoms with Crippen molar-refractivity contribution in [1.29, 1.82) is 0 Å². The van der Waals surface area contributed by atoms with Crippen molar-refractivity contribution in [2.75, 3.05) is 0 Å². The third-order valence-electron chi connectivity index (χ3n) is 0.617. The maximum absolute atomic E-state index is 9.01. The molecule has 0 aromatic heterocycles. The molecule has 0 aromatic carbocycles. The highest BCUT2D eigenvalue weighted by Gasteiger charge is 2.07. The van der Waals surface area contributed by atoms with Gasteiger partial charge >= 0.3 is 0 Å². The molecule has 0 aromatic rings. The van der Waals surface area contributed by atoms with Crippen molar-refractivity contribution in [3.05, 3.63) is 12.6 Å². The Kier molecular flexibility index (Phi) is 1.47. The highest BCUT2D eigenvalue weighted by Crippen LogP contribution is 2.05. The van der Waals surface area contributed by atoms with Gasteiger partial charge in [-0.3, -0.25) is 0 Å². The number of aliphatic hydroxyl groups is 1. The summed E-state index contributed by atoms with van der Waals surface area (Å²) >= 11 is 0. The lowest BCUT2D eigenvalue weighted by Gasteiger charge is -2.12. The minimum Gasteiger partial charge on any atom is -0.390 e. The second-order valence-electron chi connectivity index (χ2n) is 2.25. The molecule has 1 nitrogen and oxygen atoms in total. The van der Waals surface area contributed by atoms with E-state index in [2.05, 4.69) is 0 Å². The van der Waals surface area contributed by atoms with Crippen molar-refractivity contribution in [2.24, 2.45) is 0 Å². The molecule has 0 spiro atoms. The van der Waals surface area contributed by atoms with Crippen molar-refractivity contribution in [2.45, 2.75) is 25.9 Å². The van der Waals surface area contributed by atoms with Gasteiger partial charge in [0.05, 0.1) is 6.97 Å². The Balaban J connectivity index is 3.39. The first-order valence-electron chi connectivity index (χ1n) is 2.90. The molecule has 0 atom stereocenters.